The second-order valence-electron chi connectivity index (χ2n) is 8.04. The highest BCUT2D eigenvalue weighted by molar-refractivity contribution is 6.14. The number of rotatable bonds is 4. The van der Waals surface area contributed by atoms with Crippen molar-refractivity contribution in [2.75, 3.05) is 32.6 Å². The number of piperidine rings is 1. The number of nitrogens with one attached hydrogen (secondary N) is 1. The lowest BCUT2D eigenvalue weighted by Crippen LogP contribution is -2.57. The number of carbonyl (C=O) groups is 2. The van der Waals surface area contributed by atoms with Crippen molar-refractivity contribution in [3.8, 4) is 0 Å². The molecule has 0 aromatic heterocycles. The Balaban J connectivity index is 1.68. The molecule has 1 aromatic rings. The third-order valence-corrected chi connectivity index (χ3v) is 6.84. The van der Waals surface area contributed by atoms with Crippen molar-refractivity contribution in [3.05, 3.63) is 41.7 Å². The summed E-state index contributed by atoms with van der Waals surface area (Å²) in [6, 6.07) is 7.80. The Morgan fingerprint density at radius 3 is 2.82 bits per heavy atom. The first-order valence-electron chi connectivity index (χ1n) is 10.0. The summed E-state index contributed by atoms with van der Waals surface area (Å²) in [5, 5.41) is 3.57. The van der Waals surface area contributed by atoms with Crippen LogP contribution in [0.4, 0.5) is 5.69 Å². The van der Waals surface area contributed by atoms with Gasteiger partial charge in [-0.2, -0.15) is 0 Å². The van der Waals surface area contributed by atoms with E-state index in [9.17, 15) is 9.59 Å². The number of hydrogen-bond donors (Lipinski definition) is 1. The second-order valence-corrected chi connectivity index (χ2v) is 8.04. The molecule has 0 bridgehead atoms. The Kier molecular flexibility index (Phi) is 4.91. The second kappa shape index (κ2) is 7.24. The van der Waals surface area contributed by atoms with Gasteiger partial charge < -0.3 is 14.8 Å². The van der Waals surface area contributed by atoms with Crippen molar-refractivity contribution in [2.24, 2.45) is 11.8 Å². The number of methoxy groups -OCH3 is 2. The van der Waals surface area contributed by atoms with E-state index in [0.717, 1.165) is 43.6 Å². The lowest BCUT2D eigenvalue weighted by Gasteiger charge is -2.45. The summed E-state index contributed by atoms with van der Waals surface area (Å²) in [5.41, 5.74) is 1.67. The number of carbonyl (C=O) groups excluding carboxylic acids is 2. The summed E-state index contributed by atoms with van der Waals surface area (Å²) in [6.45, 7) is 3.92. The van der Waals surface area contributed by atoms with Gasteiger partial charge in [-0.1, -0.05) is 25.5 Å². The van der Waals surface area contributed by atoms with Gasteiger partial charge in [-0.3, -0.25) is 9.69 Å². The van der Waals surface area contributed by atoms with Crippen LogP contribution in [-0.2, 0) is 14.3 Å². The zero-order chi connectivity index (χ0) is 19.9. The van der Waals surface area contributed by atoms with Crippen LogP contribution in [0.2, 0.25) is 0 Å². The molecule has 28 heavy (non-hydrogen) atoms. The number of ketones is 1. The number of hydrogen-bond acceptors (Lipinski definition) is 6. The van der Waals surface area contributed by atoms with Crippen molar-refractivity contribution in [2.45, 2.75) is 37.8 Å². The number of para-hydroxylation sites is 1. The van der Waals surface area contributed by atoms with Crippen LogP contribution in [0.5, 0.6) is 0 Å². The Bertz CT molecular complexity index is 821. The monoisotopic (exact) mass is 384 g/mol. The molecular weight excluding hydrogens is 356 g/mol. The maximum atomic E-state index is 13.4. The van der Waals surface area contributed by atoms with Gasteiger partial charge in [0.1, 0.15) is 5.54 Å². The highest BCUT2D eigenvalue weighted by Gasteiger charge is 2.59. The first-order chi connectivity index (χ1) is 13.6. The predicted molar refractivity (Wildman–Crippen MR) is 106 cm³/mol. The zero-order valence-corrected chi connectivity index (χ0v) is 16.7. The molecule has 1 spiro atoms. The van der Waals surface area contributed by atoms with Gasteiger partial charge in [0, 0.05) is 30.4 Å². The predicted octanol–water partition coefficient (Wildman–Crippen LogP) is 2.86. The molecule has 3 aliphatic heterocycles. The van der Waals surface area contributed by atoms with Crippen LogP contribution in [0, 0.1) is 11.8 Å². The van der Waals surface area contributed by atoms with E-state index >= 15 is 0 Å². The molecule has 3 aliphatic rings. The highest BCUT2D eigenvalue weighted by Crippen LogP contribution is 2.48. The molecule has 0 radical (unpaired) electrons. The summed E-state index contributed by atoms with van der Waals surface area (Å²) in [5.74, 6) is 0.164. The molecule has 150 valence electrons. The number of anilines is 1. The molecule has 3 heterocycles. The van der Waals surface area contributed by atoms with Crippen LogP contribution in [0.3, 0.4) is 0 Å². The van der Waals surface area contributed by atoms with Crippen LogP contribution >= 0.6 is 0 Å². The van der Waals surface area contributed by atoms with E-state index in [1.54, 1.807) is 7.11 Å². The van der Waals surface area contributed by atoms with Gasteiger partial charge in [0.25, 0.3) is 0 Å². The molecule has 0 amide bonds. The fourth-order valence-corrected chi connectivity index (χ4v) is 5.45. The molecule has 2 fully saturated rings. The van der Waals surface area contributed by atoms with Crippen molar-refractivity contribution in [1.82, 2.24) is 4.90 Å². The standard InChI is InChI=1S/C22H28N2O4/c1-4-14-12-24-10-9-22(20(25)15-7-5-6-8-18(15)23-22)19(24)11-16(14)17(13-27-2)21(26)28-3/h5-8,13-14,16,19,23H,4,9-12H2,1-3H3/b17-13+/t14-,16-,19-,22-/m1/s1. The van der Waals surface area contributed by atoms with Gasteiger partial charge in [0.05, 0.1) is 26.1 Å². The van der Waals surface area contributed by atoms with Crippen molar-refractivity contribution >= 4 is 17.4 Å². The van der Waals surface area contributed by atoms with Crippen LogP contribution in [0.1, 0.15) is 36.5 Å². The van der Waals surface area contributed by atoms with E-state index in [4.69, 9.17) is 9.47 Å². The number of nitrogens with zero attached hydrogens (tertiary/aromatic N) is 1. The van der Waals surface area contributed by atoms with Gasteiger partial charge in [-0.05, 0) is 36.8 Å². The average Bonchev–Trinajstić information content (AvgIpc) is 3.23. The molecule has 6 heteroatoms. The number of ether oxygens (including phenoxy) is 2. The van der Waals surface area contributed by atoms with Gasteiger partial charge in [-0.15, -0.1) is 0 Å². The van der Waals surface area contributed by atoms with Crippen LogP contribution in [-0.4, -0.2) is 55.5 Å². The normalized spacial score (nSPS) is 32.0. The minimum Gasteiger partial charge on any atom is -0.504 e. The maximum Gasteiger partial charge on any atom is 0.337 e. The molecule has 0 saturated carbocycles. The molecule has 1 N–H and O–H groups in total. The molecule has 1 aromatic carbocycles. The highest BCUT2D eigenvalue weighted by atomic mass is 16.5. The fraction of sp³-hybridized carbons (Fsp3) is 0.545. The molecule has 0 aliphatic carbocycles. The quantitative estimate of drug-likeness (QED) is 0.489. The van der Waals surface area contributed by atoms with E-state index in [-0.39, 0.29) is 23.7 Å². The van der Waals surface area contributed by atoms with Crippen molar-refractivity contribution in [3.63, 3.8) is 0 Å². The third kappa shape index (κ3) is 2.73. The minimum atomic E-state index is -0.602. The Labute approximate surface area is 165 Å². The van der Waals surface area contributed by atoms with E-state index in [0.29, 0.717) is 11.5 Å². The topological polar surface area (TPSA) is 67.9 Å². The van der Waals surface area contributed by atoms with E-state index in [2.05, 4.69) is 17.1 Å². The van der Waals surface area contributed by atoms with Gasteiger partial charge >= 0.3 is 5.97 Å². The summed E-state index contributed by atoms with van der Waals surface area (Å²) >= 11 is 0. The number of Topliss-reactive ketones (excluding diaryl/α,β-unsaturated/α-hetero) is 1. The summed E-state index contributed by atoms with van der Waals surface area (Å²) < 4.78 is 10.2. The maximum absolute atomic E-state index is 13.4. The molecule has 0 unspecified atom stereocenters. The average molecular weight is 384 g/mol. The number of fused-ring (bicyclic) bond motifs is 3. The van der Waals surface area contributed by atoms with Gasteiger partial charge in [-0.25, -0.2) is 4.79 Å². The Hall–Kier alpha value is -2.34. The first-order valence-corrected chi connectivity index (χ1v) is 10.0. The van der Waals surface area contributed by atoms with Crippen LogP contribution in [0.25, 0.3) is 0 Å². The lowest BCUT2D eigenvalue weighted by molar-refractivity contribution is -0.137. The number of esters is 1. The minimum absolute atomic E-state index is 0.00642. The van der Waals surface area contributed by atoms with Crippen LogP contribution in [0.15, 0.2) is 36.1 Å². The van der Waals surface area contributed by atoms with Gasteiger partial charge in [0.2, 0.25) is 0 Å². The molecule has 2 saturated heterocycles. The summed E-state index contributed by atoms with van der Waals surface area (Å²) in [4.78, 5) is 28.3. The third-order valence-electron chi connectivity index (χ3n) is 6.84. The zero-order valence-electron chi connectivity index (χ0n) is 16.7. The fourth-order valence-electron chi connectivity index (χ4n) is 5.45. The van der Waals surface area contributed by atoms with Crippen molar-refractivity contribution < 1.29 is 19.1 Å². The van der Waals surface area contributed by atoms with Crippen LogP contribution < -0.4 is 5.32 Å². The Morgan fingerprint density at radius 1 is 1.36 bits per heavy atom. The van der Waals surface area contributed by atoms with E-state index in [1.165, 1.54) is 13.4 Å². The van der Waals surface area contributed by atoms with E-state index in [1.807, 2.05) is 24.3 Å². The Morgan fingerprint density at radius 2 is 2.14 bits per heavy atom. The SMILES string of the molecule is CC[C@@H]1CN2CC[C@@]3(Nc4ccccc4C3=O)[C@H]2C[C@H]1/C(=C\OC)C(=O)OC. The summed E-state index contributed by atoms with van der Waals surface area (Å²) in [7, 11) is 2.95. The van der Waals surface area contributed by atoms with Crippen molar-refractivity contribution in [1.29, 1.82) is 0 Å². The molecule has 4 rings (SSSR count). The first kappa shape index (κ1) is 19.0. The van der Waals surface area contributed by atoms with Gasteiger partial charge in [0.15, 0.2) is 5.78 Å². The van der Waals surface area contributed by atoms with E-state index < -0.39 is 5.54 Å². The summed E-state index contributed by atoms with van der Waals surface area (Å²) in [6.07, 6.45) is 4.00. The molecule has 4 atom stereocenters. The molecule has 6 nitrogen and oxygen atoms in total. The number of benzene rings is 1. The lowest BCUT2D eigenvalue weighted by atomic mass is 9.72. The largest absolute Gasteiger partial charge is 0.504 e. The molecular formula is C22H28N2O4. The smallest absolute Gasteiger partial charge is 0.337 e.